The van der Waals surface area contributed by atoms with Gasteiger partial charge in [0.1, 0.15) is 10.7 Å². The van der Waals surface area contributed by atoms with Gasteiger partial charge in [-0.25, -0.2) is 17.5 Å². The molecule has 0 aliphatic rings. The van der Waals surface area contributed by atoms with E-state index in [1.165, 1.54) is 6.07 Å². The largest absolute Gasteiger partial charge is 0.398 e. The van der Waals surface area contributed by atoms with Gasteiger partial charge in [0.2, 0.25) is 10.0 Å². The first-order valence-electron chi connectivity index (χ1n) is 5.78. The van der Waals surface area contributed by atoms with Crippen molar-refractivity contribution < 1.29 is 12.8 Å². The number of nitrogens with two attached hydrogens (primary N) is 1. The zero-order chi connectivity index (χ0) is 14.8. The van der Waals surface area contributed by atoms with E-state index in [4.69, 9.17) is 5.73 Å². The van der Waals surface area contributed by atoms with Crippen LogP contribution >= 0.6 is 0 Å². The van der Waals surface area contributed by atoms with Crippen LogP contribution in [0.1, 0.15) is 13.8 Å². The second kappa shape index (κ2) is 5.44. The molecule has 19 heavy (non-hydrogen) atoms. The van der Waals surface area contributed by atoms with Crippen LogP contribution in [0.25, 0.3) is 0 Å². The van der Waals surface area contributed by atoms with E-state index in [0.717, 1.165) is 12.1 Å². The summed E-state index contributed by atoms with van der Waals surface area (Å²) < 4.78 is 39.8. The van der Waals surface area contributed by atoms with Crippen molar-refractivity contribution in [3.63, 3.8) is 0 Å². The minimum absolute atomic E-state index is 0.0246. The Bertz CT molecular complexity index is 556. The minimum Gasteiger partial charge on any atom is -0.398 e. The number of anilines is 1. The van der Waals surface area contributed by atoms with Crippen LogP contribution < -0.4 is 10.5 Å². The van der Waals surface area contributed by atoms with Crippen LogP contribution in [0, 0.1) is 5.82 Å². The summed E-state index contributed by atoms with van der Waals surface area (Å²) in [6.07, 6.45) is 0. The Morgan fingerprint density at radius 3 is 2.47 bits per heavy atom. The number of benzene rings is 1. The quantitative estimate of drug-likeness (QED) is 0.794. The molecule has 0 amide bonds. The number of hydrogen-bond acceptors (Lipinski definition) is 4. The van der Waals surface area contributed by atoms with Gasteiger partial charge in [-0.15, -0.1) is 0 Å². The molecule has 0 heterocycles. The molecule has 0 atom stereocenters. The monoisotopic (exact) mass is 289 g/mol. The molecule has 3 N–H and O–H groups in total. The molecule has 0 aliphatic carbocycles. The Kier molecular flexibility index (Phi) is 4.54. The van der Waals surface area contributed by atoms with E-state index in [0.29, 0.717) is 0 Å². The fourth-order valence-corrected chi connectivity index (χ4v) is 2.59. The lowest BCUT2D eigenvalue weighted by atomic mass is 10.1. The van der Waals surface area contributed by atoms with Gasteiger partial charge in [0, 0.05) is 12.1 Å². The van der Waals surface area contributed by atoms with Crippen LogP contribution in [0.5, 0.6) is 0 Å². The number of sulfonamides is 1. The van der Waals surface area contributed by atoms with Crippen molar-refractivity contribution in [2.45, 2.75) is 24.3 Å². The third-order valence-corrected chi connectivity index (χ3v) is 4.63. The Morgan fingerprint density at radius 2 is 1.95 bits per heavy atom. The van der Waals surface area contributed by atoms with Gasteiger partial charge in [-0.3, -0.25) is 0 Å². The lowest BCUT2D eigenvalue weighted by Gasteiger charge is -2.32. The van der Waals surface area contributed by atoms with Gasteiger partial charge in [-0.1, -0.05) is 0 Å². The molecule has 0 aliphatic heterocycles. The first-order chi connectivity index (χ1) is 8.56. The molecular weight excluding hydrogens is 269 g/mol. The summed E-state index contributed by atoms with van der Waals surface area (Å²) in [5.74, 6) is -0.638. The fraction of sp³-hybridized carbons (Fsp3) is 0.500. The minimum atomic E-state index is -3.82. The Balaban J connectivity index is 2.97. The van der Waals surface area contributed by atoms with E-state index < -0.39 is 15.8 Å². The highest BCUT2D eigenvalue weighted by Crippen LogP contribution is 2.19. The van der Waals surface area contributed by atoms with E-state index in [1.54, 1.807) is 0 Å². The first kappa shape index (κ1) is 15.9. The summed E-state index contributed by atoms with van der Waals surface area (Å²) in [7, 11) is -0.118. The highest BCUT2D eigenvalue weighted by Gasteiger charge is 2.25. The lowest BCUT2D eigenvalue weighted by molar-refractivity contribution is 0.199. The normalized spacial score (nSPS) is 12.9. The number of nitrogen functional groups attached to an aromatic ring is 1. The van der Waals surface area contributed by atoms with Crippen molar-refractivity contribution >= 4 is 15.7 Å². The predicted molar refractivity (Wildman–Crippen MR) is 73.8 cm³/mol. The number of nitrogens with zero attached hydrogens (tertiary/aromatic N) is 1. The number of halogens is 1. The van der Waals surface area contributed by atoms with Gasteiger partial charge in [0.15, 0.2) is 0 Å². The average molecular weight is 289 g/mol. The molecule has 0 fully saturated rings. The maximum absolute atomic E-state index is 13.1. The maximum atomic E-state index is 13.1. The molecule has 0 unspecified atom stereocenters. The summed E-state index contributed by atoms with van der Waals surface area (Å²) in [6, 6.07) is 3.28. The fourth-order valence-electron chi connectivity index (χ4n) is 1.25. The summed E-state index contributed by atoms with van der Waals surface area (Å²) in [4.78, 5) is 1.66. The zero-order valence-electron chi connectivity index (χ0n) is 11.6. The standard InChI is InChI=1S/C12H20FN3O2S/c1-12(2,16(3)4)8-15-19(17,18)11-7-9(13)5-6-10(11)14/h5-7,15H,8,14H2,1-4H3. The zero-order valence-corrected chi connectivity index (χ0v) is 12.4. The molecular formula is C12H20FN3O2S. The van der Waals surface area contributed by atoms with Gasteiger partial charge in [-0.2, -0.15) is 0 Å². The molecule has 7 heteroatoms. The molecule has 1 aromatic rings. The summed E-state index contributed by atoms with van der Waals surface area (Å²) in [5, 5.41) is 0. The van der Waals surface area contributed by atoms with Crippen molar-refractivity contribution in [2.75, 3.05) is 26.4 Å². The highest BCUT2D eigenvalue weighted by atomic mass is 32.2. The van der Waals surface area contributed by atoms with Crippen molar-refractivity contribution in [3.8, 4) is 0 Å². The third-order valence-electron chi connectivity index (χ3n) is 3.17. The van der Waals surface area contributed by atoms with E-state index in [1.807, 2.05) is 32.8 Å². The van der Waals surface area contributed by atoms with Crippen LogP contribution in [-0.2, 0) is 10.0 Å². The van der Waals surface area contributed by atoms with Crippen LogP contribution in [0.3, 0.4) is 0 Å². The summed E-state index contributed by atoms with van der Waals surface area (Å²) >= 11 is 0. The van der Waals surface area contributed by atoms with Crippen LogP contribution in [0.15, 0.2) is 23.1 Å². The second-order valence-electron chi connectivity index (χ2n) is 5.21. The van der Waals surface area contributed by atoms with Gasteiger partial charge in [0.25, 0.3) is 0 Å². The highest BCUT2D eigenvalue weighted by molar-refractivity contribution is 7.89. The van der Waals surface area contributed by atoms with Crippen LogP contribution in [0.4, 0.5) is 10.1 Å². The summed E-state index contributed by atoms with van der Waals surface area (Å²) in [6.45, 7) is 3.98. The third kappa shape index (κ3) is 3.89. The number of nitrogens with one attached hydrogen (secondary N) is 1. The lowest BCUT2D eigenvalue weighted by Crippen LogP contribution is -2.48. The maximum Gasteiger partial charge on any atom is 0.242 e. The molecule has 0 aromatic heterocycles. The first-order valence-corrected chi connectivity index (χ1v) is 7.27. The average Bonchev–Trinajstić information content (AvgIpc) is 2.30. The van der Waals surface area contributed by atoms with Crippen molar-refractivity contribution in [3.05, 3.63) is 24.0 Å². The van der Waals surface area contributed by atoms with Crippen molar-refractivity contribution in [2.24, 2.45) is 0 Å². The second-order valence-corrected chi connectivity index (χ2v) is 6.95. The SMILES string of the molecule is CN(C)C(C)(C)CNS(=O)(=O)c1cc(F)ccc1N. The smallest absolute Gasteiger partial charge is 0.242 e. The van der Waals surface area contributed by atoms with Gasteiger partial charge < -0.3 is 10.6 Å². The number of rotatable bonds is 5. The molecule has 1 rings (SSSR count). The van der Waals surface area contributed by atoms with Crippen LogP contribution in [-0.4, -0.2) is 39.5 Å². The Labute approximate surface area is 113 Å². The Hall–Kier alpha value is -1.18. The molecule has 108 valence electrons. The van der Waals surface area contributed by atoms with Crippen molar-refractivity contribution in [1.82, 2.24) is 9.62 Å². The molecule has 0 radical (unpaired) electrons. The van der Waals surface area contributed by atoms with Gasteiger partial charge >= 0.3 is 0 Å². The van der Waals surface area contributed by atoms with Gasteiger partial charge in [-0.05, 0) is 46.1 Å². The van der Waals surface area contributed by atoms with E-state index in [2.05, 4.69) is 4.72 Å². The van der Waals surface area contributed by atoms with Crippen molar-refractivity contribution in [1.29, 1.82) is 0 Å². The molecule has 0 saturated heterocycles. The van der Waals surface area contributed by atoms with E-state index >= 15 is 0 Å². The molecule has 0 bridgehead atoms. The predicted octanol–water partition coefficient (Wildman–Crippen LogP) is 1.03. The Morgan fingerprint density at radius 1 is 1.37 bits per heavy atom. The van der Waals surface area contributed by atoms with Gasteiger partial charge in [0.05, 0.1) is 5.69 Å². The molecule has 5 nitrogen and oxygen atoms in total. The van der Waals surface area contributed by atoms with E-state index in [9.17, 15) is 12.8 Å². The number of hydrogen-bond donors (Lipinski definition) is 2. The van der Waals surface area contributed by atoms with E-state index in [-0.39, 0.29) is 22.7 Å². The molecule has 0 spiro atoms. The number of likely N-dealkylation sites (N-methyl/N-ethyl adjacent to an activating group) is 1. The van der Waals surface area contributed by atoms with Crippen LogP contribution in [0.2, 0.25) is 0 Å². The topological polar surface area (TPSA) is 75.4 Å². The molecule has 0 saturated carbocycles. The summed E-state index contributed by atoms with van der Waals surface area (Å²) in [5.41, 5.74) is 5.24. The molecule has 1 aromatic carbocycles.